The van der Waals surface area contributed by atoms with E-state index in [1.807, 2.05) is 41.9 Å². The van der Waals surface area contributed by atoms with E-state index >= 15 is 0 Å². The molecule has 0 spiro atoms. The zero-order valence-corrected chi connectivity index (χ0v) is 11.7. The first-order valence-corrected chi connectivity index (χ1v) is 6.50. The summed E-state index contributed by atoms with van der Waals surface area (Å²) in [5, 5.41) is 4.18. The number of hydrogen-bond donors (Lipinski definition) is 1. The van der Waals surface area contributed by atoms with Gasteiger partial charge >= 0.3 is 0 Å². The summed E-state index contributed by atoms with van der Waals surface area (Å²) >= 11 is 12.0. The molecule has 0 saturated heterocycles. The molecule has 6 heteroatoms. The maximum absolute atomic E-state index is 6.01. The highest BCUT2D eigenvalue weighted by atomic mass is 35.5. The molecule has 0 bridgehead atoms. The second-order valence-electron chi connectivity index (χ2n) is 4.17. The Hall–Kier alpha value is -1.65. The van der Waals surface area contributed by atoms with Gasteiger partial charge in [-0.05, 0) is 18.2 Å². The van der Waals surface area contributed by atoms with Crippen LogP contribution in [-0.2, 0) is 13.6 Å². The van der Waals surface area contributed by atoms with Gasteiger partial charge in [0.25, 0.3) is 6.01 Å². The number of nitrogens with zero attached hydrogens (tertiary/aromatic N) is 2. The van der Waals surface area contributed by atoms with E-state index in [9.17, 15) is 0 Å². The second-order valence-corrected chi connectivity index (χ2v) is 4.94. The number of hydrogen-bond acceptors (Lipinski definition) is 3. The van der Waals surface area contributed by atoms with Crippen LogP contribution in [0.1, 0.15) is 5.69 Å². The van der Waals surface area contributed by atoms with Crippen molar-refractivity contribution in [2.75, 3.05) is 5.32 Å². The van der Waals surface area contributed by atoms with E-state index < -0.39 is 0 Å². The standard InChI is InChI=1S/C13H11Cl2N3O/c1-18-8(6-9(14)12(18)15)7-16-13-17-10-4-2-3-5-11(10)19-13/h2-6H,7H2,1H3,(H,16,17). The maximum Gasteiger partial charge on any atom is 0.296 e. The summed E-state index contributed by atoms with van der Waals surface area (Å²) in [6.07, 6.45) is 0. The summed E-state index contributed by atoms with van der Waals surface area (Å²) in [4.78, 5) is 4.33. The minimum atomic E-state index is 0.481. The molecule has 0 unspecified atom stereocenters. The first kappa shape index (κ1) is 12.4. The molecule has 0 aliphatic carbocycles. The third kappa shape index (κ3) is 2.29. The van der Waals surface area contributed by atoms with Crippen LogP contribution in [0.5, 0.6) is 0 Å². The number of oxazole rings is 1. The van der Waals surface area contributed by atoms with Crippen LogP contribution in [-0.4, -0.2) is 9.55 Å². The molecule has 2 aromatic heterocycles. The molecule has 4 nitrogen and oxygen atoms in total. The third-order valence-corrected chi connectivity index (χ3v) is 3.77. The summed E-state index contributed by atoms with van der Waals surface area (Å²) < 4.78 is 7.39. The summed E-state index contributed by atoms with van der Waals surface area (Å²) in [5.41, 5.74) is 2.54. The van der Waals surface area contributed by atoms with Gasteiger partial charge in [0.1, 0.15) is 10.7 Å². The lowest BCUT2D eigenvalue weighted by molar-refractivity contribution is 0.612. The van der Waals surface area contributed by atoms with Crippen molar-refractivity contribution in [2.45, 2.75) is 6.54 Å². The number of aromatic nitrogens is 2. The number of nitrogens with one attached hydrogen (secondary N) is 1. The van der Waals surface area contributed by atoms with Gasteiger partial charge in [0.2, 0.25) is 0 Å². The maximum atomic E-state index is 6.01. The minimum Gasteiger partial charge on any atom is -0.424 e. The van der Waals surface area contributed by atoms with Crippen molar-refractivity contribution in [2.24, 2.45) is 7.05 Å². The summed E-state index contributed by atoms with van der Waals surface area (Å²) in [6.45, 7) is 0.537. The molecule has 1 aromatic carbocycles. The van der Waals surface area contributed by atoms with Gasteiger partial charge in [-0.25, -0.2) is 0 Å². The molecule has 0 radical (unpaired) electrons. The Kier molecular flexibility index (Phi) is 3.12. The lowest BCUT2D eigenvalue weighted by Crippen LogP contribution is -2.04. The number of halogens is 2. The van der Waals surface area contributed by atoms with E-state index in [1.54, 1.807) is 0 Å². The van der Waals surface area contributed by atoms with Crippen LogP contribution in [0.15, 0.2) is 34.7 Å². The van der Waals surface area contributed by atoms with E-state index in [2.05, 4.69) is 10.3 Å². The van der Waals surface area contributed by atoms with Gasteiger partial charge in [-0.1, -0.05) is 35.3 Å². The molecule has 1 N–H and O–H groups in total. The lowest BCUT2D eigenvalue weighted by atomic mass is 10.3. The Labute approximate surface area is 119 Å². The molecule has 0 amide bonds. The van der Waals surface area contributed by atoms with E-state index in [1.165, 1.54) is 0 Å². The first-order valence-electron chi connectivity index (χ1n) is 5.74. The summed E-state index contributed by atoms with van der Waals surface area (Å²) in [5.74, 6) is 0. The van der Waals surface area contributed by atoms with Gasteiger partial charge in [0.05, 0.1) is 11.6 Å². The highest BCUT2D eigenvalue weighted by Crippen LogP contribution is 2.26. The Balaban J connectivity index is 1.80. The molecule has 0 aliphatic heterocycles. The number of fused-ring (bicyclic) bond motifs is 1. The fourth-order valence-corrected chi connectivity index (χ4v) is 2.29. The number of rotatable bonds is 3. The van der Waals surface area contributed by atoms with Crippen molar-refractivity contribution in [3.63, 3.8) is 0 Å². The third-order valence-electron chi connectivity index (χ3n) is 2.93. The molecule has 0 saturated carbocycles. The van der Waals surface area contributed by atoms with E-state index in [-0.39, 0.29) is 0 Å². The monoisotopic (exact) mass is 295 g/mol. The van der Waals surface area contributed by atoms with Crippen LogP contribution in [0.3, 0.4) is 0 Å². The summed E-state index contributed by atoms with van der Waals surface area (Å²) in [7, 11) is 1.86. The zero-order chi connectivity index (χ0) is 13.4. The number of para-hydroxylation sites is 2. The van der Waals surface area contributed by atoms with Crippen LogP contribution in [0.25, 0.3) is 11.1 Å². The van der Waals surface area contributed by atoms with E-state index in [0.717, 1.165) is 16.8 Å². The largest absolute Gasteiger partial charge is 0.424 e. The first-order chi connectivity index (χ1) is 9.15. The quantitative estimate of drug-likeness (QED) is 0.791. The Morgan fingerprint density at radius 3 is 2.79 bits per heavy atom. The molecule has 0 atom stereocenters. The van der Waals surface area contributed by atoms with Crippen molar-refractivity contribution in [3.8, 4) is 0 Å². The normalized spacial score (nSPS) is 11.1. The van der Waals surface area contributed by atoms with Crippen molar-refractivity contribution < 1.29 is 4.42 Å². The SMILES string of the molecule is Cn1c(CNc2nc3ccccc3o2)cc(Cl)c1Cl. The summed E-state index contributed by atoms with van der Waals surface area (Å²) in [6, 6.07) is 9.91. The van der Waals surface area contributed by atoms with Gasteiger partial charge < -0.3 is 14.3 Å². The van der Waals surface area contributed by atoms with Gasteiger partial charge in [-0.15, -0.1) is 0 Å². The number of benzene rings is 1. The van der Waals surface area contributed by atoms with Gasteiger partial charge in [0.15, 0.2) is 5.58 Å². The van der Waals surface area contributed by atoms with Crippen molar-refractivity contribution in [1.29, 1.82) is 0 Å². The van der Waals surface area contributed by atoms with Crippen LogP contribution < -0.4 is 5.32 Å². The van der Waals surface area contributed by atoms with Gasteiger partial charge in [-0.3, -0.25) is 0 Å². The molecular formula is C13H11Cl2N3O. The molecule has 19 heavy (non-hydrogen) atoms. The smallest absolute Gasteiger partial charge is 0.296 e. The second kappa shape index (κ2) is 4.79. The van der Waals surface area contributed by atoms with Crippen molar-refractivity contribution >= 4 is 40.3 Å². The highest BCUT2D eigenvalue weighted by Gasteiger charge is 2.10. The van der Waals surface area contributed by atoms with Crippen molar-refractivity contribution in [1.82, 2.24) is 9.55 Å². The minimum absolute atomic E-state index is 0.481. The van der Waals surface area contributed by atoms with E-state index in [0.29, 0.717) is 22.7 Å². The fourth-order valence-electron chi connectivity index (χ4n) is 1.87. The Morgan fingerprint density at radius 1 is 1.32 bits per heavy atom. The molecule has 3 rings (SSSR count). The predicted octanol–water partition coefficient (Wildman–Crippen LogP) is 4.09. The molecule has 2 heterocycles. The van der Waals surface area contributed by atoms with Gasteiger partial charge in [0, 0.05) is 12.7 Å². The molecular weight excluding hydrogens is 285 g/mol. The molecule has 0 aliphatic rings. The average Bonchev–Trinajstić information content (AvgIpc) is 2.93. The van der Waals surface area contributed by atoms with Crippen LogP contribution in [0.2, 0.25) is 10.2 Å². The van der Waals surface area contributed by atoms with Crippen molar-refractivity contribution in [3.05, 3.63) is 46.2 Å². The predicted molar refractivity (Wildman–Crippen MR) is 76.8 cm³/mol. The van der Waals surface area contributed by atoms with E-state index in [4.69, 9.17) is 27.6 Å². The lowest BCUT2D eigenvalue weighted by Gasteiger charge is -2.04. The van der Waals surface area contributed by atoms with Crippen LogP contribution in [0, 0.1) is 0 Å². The van der Waals surface area contributed by atoms with Crippen LogP contribution >= 0.6 is 23.2 Å². The Morgan fingerprint density at radius 2 is 2.11 bits per heavy atom. The fraction of sp³-hybridized carbons (Fsp3) is 0.154. The average molecular weight is 296 g/mol. The topological polar surface area (TPSA) is 43.0 Å². The molecule has 3 aromatic rings. The van der Waals surface area contributed by atoms with Crippen LogP contribution in [0.4, 0.5) is 6.01 Å². The highest BCUT2D eigenvalue weighted by molar-refractivity contribution is 6.41. The molecule has 0 fully saturated rings. The molecule has 98 valence electrons. The zero-order valence-electron chi connectivity index (χ0n) is 10.2. The number of anilines is 1. The van der Waals surface area contributed by atoms with Gasteiger partial charge in [-0.2, -0.15) is 4.98 Å². The Bertz CT molecular complexity index is 700.